The topological polar surface area (TPSA) is 90.0 Å². The van der Waals surface area contributed by atoms with Gasteiger partial charge in [0.2, 0.25) is 16.1 Å². The molecule has 132 valence electrons. The van der Waals surface area contributed by atoms with E-state index in [0.29, 0.717) is 19.5 Å². The number of cyclic esters (lactones) is 1. The molecule has 1 aromatic rings. The van der Waals surface area contributed by atoms with Gasteiger partial charge >= 0.3 is 11.9 Å². The number of hydrogen-bond acceptors (Lipinski definition) is 6. The van der Waals surface area contributed by atoms with Crippen LogP contribution in [0.4, 0.5) is 0 Å². The van der Waals surface area contributed by atoms with Crippen LogP contribution in [0.2, 0.25) is 0 Å². The molecule has 1 aliphatic rings. The van der Waals surface area contributed by atoms with Crippen molar-refractivity contribution in [2.75, 3.05) is 13.1 Å². The second kappa shape index (κ2) is 7.31. The maximum absolute atomic E-state index is 12.5. The molecule has 0 aliphatic carbocycles. The van der Waals surface area contributed by atoms with Crippen LogP contribution in [-0.2, 0) is 24.3 Å². The van der Waals surface area contributed by atoms with Crippen molar-refractivity contribution in [1.29, 1.82) is 0 Å². The average Bonchev–Trinajstić information content (AvgIpc) is 2.86. The van der Waals surface area contributed by atoms with Crippen LogP contribution in [0.15, 0.2) is 29.2 Å². The van der Waals surface area contributed by atoms with Crippen molar-refractivity contribution in [1.82, 2.24) is 4.31 Å². The molecule has 0 aromatic heterocycles. The number of nitrogens with zero attached hydrogens (tertiary/aromatic N) is 1. The van der Waals surface area contributed by atoms with E-state index in [1.807, 2.05) is 0 Å². The van der Waals surface area contributed by atoms with E-state index in [1.54, 1.807) is 20.8 Å². The van der Waals surface area contributed by atoms with E-state index in [1.165, 1.54) is 28.6 Å². The number of rotatable bonds is 6. The zero-order valence-electron chi connectivity index (χ0n) is 13.9. The molecule has 2 atom stereocenters. The number of sulfonamides is 1. The van der Waals surface area contributed by atoms with Crippen LogP contribution in [0, 0.1) is 0 Å². The Morgan fingerprint density at radius 3 is 2.54 bits per heavy atom. The fourth-order valence-corrected chi connectivity index (χ4v) is 4.01. The van der Waals surface area contributed by atoms with Crippen molar-refractivity contribution in [3.63, 3.8) is 0 Å². The molecule has 0 unspecified atom stereocenters. The zero-order valence-corrected chi connectivity index (χ0v) is 14.7. The molecule has 0 bridgehead atoms. The molecule has 0 saturated carbocycles. The van der Waals surface area contributed by atoms with E-state index in [2.05, 4.69) is 0 Å². The van der Waals surface area contributed by atoms with Crippen LogP contribution in [0.25, 0.3) is 0 Å². The van der Waals surface area contributed by atoms with E-state index in [-0.39, 0.29) is 16.6 Å². The third kappa shape index (κ3) is 3.76. The summed E-state index contributed by atoms with van der Waals surface area (Å²) in [5, 5.41) is 0. The molecular weight excluding hydrogens is 334 g/mol. The van der Waals surface area contributed by atoms with Crippen molar-refractivity contribution in [2.45, 2.75) is 44.3 Å². The van der Waals surface area contributed by atoms with Gasteiger partial charge in [-0.1, -0.05) is 19.9 Å². The largest absolute Gasteiger partial charge is 0.460 e. The third-order valence-electron chi connectivity index (χ3n) is 3.79. The van der Waals surface area contributed by atoms with Gasteiger partial charge in [-0.05, 0) is 25.1 Å². The highest BCUT2D eigenvalue weighted by atomic mass is 32.2. The Hall–Kier alpha value is -1.93. The van der Waals surface area contributed by atoms with Gasteiger partial charge < -0.3 is 9.47 Å². The van der Waals surface area contributed by atoms with Crippen LogP contribution >= 0.6 is 0 Å². The van der Waals surface area contributed by atoms with Crippen molar-refractivity contribution in [3.8, 4) is 0 Å². The predicted molar refractivity (Wildman–Crippen MR) is 85.9 cm³/mol. The summed E-state index contributed by atoms with van der Waals surface area (Å²) in [5.41, 5.74) is 0.0792. The second-order valence-electron chi connectivity index (χ2n) is 5.49. The van der Waals surface area contributed by atoms with Crippen molar-refractivity contribution < 1.29 is 27.5 Å². The molecule has 0 radical (unpaired) electrons. The van der Waals surface area contributed by atoms with Crippen molar-refractivity contribution in [3.05, 3.63) is 29.8 Å². The van der Waals surface area contributed by atoms with Crippen molar-refractivity contribution >= 4 is 22.0 Å². The lowest BCUT2D eigenvalue weighted by molar-refractivity contribution is -0.147. The van der Waals surface area contributed by atoms with Gasteiger partial charge in [-0.15, -0.1) is 0 Å². The van der Waals surface area contributed by atoms with E-state index in [9.17, 15) is 18.0 Å². The summed E-state index contributed by atoms with van der Waals surface area (Å²) in [7, 11) is -3.67. The minimum absolute atomic E-state index is 0.0167. The first-order valence-corrected chi connectivity index (χ1v) is 9.25. The Kier molecular flexibility index (Phi) is 5.61. The molecule has 0 amide bonds. The summed E-state index contributed by atoms with van der Waals surface area (Å²) in [6, 6.07) is 5.62. The first-order valence-electron chi connectivity index (χ1n) is 7.81. The monoisotopic (exact) mass is 355 g/mol. The Morgan fingerprint density at radius 2 is 2.00 bits per heavy atom. The first kappa shape index (κ1) is 18.4. The lowest BCUT2D eigenvalue weighted by Crippen LogP contribution is -2.30. The number of hydrogen-bond donors (Lipinski definition) is 0. The van der Waals surface area contributed by atoms with E-state index < -0.39 is 28.1 Å². The standard InChI is InChI=1S/C16H21NO6S/c1-4-17(5-2)24(20,21)13-8-6-7-12(10-13)15(18)23-14-9-11(3)22-16(14)19/h6-8,10-11,14H,4-5,9H2,1-3H3/t11-,14+/m0/s1. The number of esters is 2. The van der Waals surface area contributed by atoms with Gasteiger partial charge in [0.15, 0.2) is 0 Å². The van der Waals surface area contributed by atoms with Crippen molar-refractivity contribution in [2.24, 2.45) is 0 Å². The van der Waals surface area contributed by atoms with Gasteiger partial charge in [0.25, 0.3) is 0 Å². The second-order valence-corrected chi connectivity index (χ2v) is 7.43. The van der Waals surface area contributed by atoms with Gasteiger partial charge in [-0.25, -0.2) is 18.0 Å². The highest BCUT2D eigenvalue weighted by Crippen LogP contribution is 2.21. The SMILES string of the molecule is CCN(CC)S(=O)(=O)c1cccc(C(=O)O[C@@H]2C[C@H](C)OC2=O)c1. The molecule has 7 nitrogen and oxygen atoms in total. The fraction of sp³-hybridized carbons (Fsp3) is 0.500. The lowest BCUT2D eigenvalue weighted by atomic mass is 10.2. The lowest BCUT2D eigenvalue weighted by Gasteiger charge is -2.18. The van der Waals surface area contributed by atoms with Gasteiger partial charge in [0.05, 0.1) is 10.5 Å². The maximum atomic E-state index is 12.5. The highest BCUT2D eigenvalue weighted by molar-refractivity contribution is 7.89. The van der Waals surface area contributed by atoms with E-state index >= 15 is 0 Å². The highest BCUT2D eigenvalue weighted by Gasteiger charge is 2.35. The smallest absolute Gasteiger partial charge is 0.347 e. The van der Waals surface area contributed by atoms with E-state index in [4.69, 9.17) is 9.47 Å². The van der Waals surface area contributed by atoms with Crippen LogP contribution in [0.1, 0.15) is 37.6 Å². The third-order valence-corrected chi connectivity index (χ3v) is 5.83. The number of carbonyl (C=O) groups excluding carboxylic acids is 2. The quantitative estimate of drug-likeness (QED) is 0.720. The summed E-state index contributed by atoms with van der Waals surface area (Å²) in [6.45, 7) is 5.86. The Balaban J connectivity index is 2.21. The molecule has 2 rings (SSSR count). The molecule has 1 heterocycles. The molecule has 1 aromatic carbocycles. The molecule has 0 N–H and O–H groups in total. The maximum Gasteiger partial charge on any atom is 0.347 e. The summed E-state index contributed by atoms with van der Waals surface area (Å²) < 4.78 is 36.4. The summed E-state index contributed by atoms with van der Waals surface area (Å²) in [5.74, 6) is -1.33. The van der Waals surface area contributed by atoms with Crippen LogP contribution in [0.5, 0.6) is 0 Å². The first-order chi connectivity index (χ1) is 11.3. The molecule has 0 spiro atoms. The normalized spacial score (nSPS) is 20.9. The molecule has 8 heteroatoms. The average molecular weight is 355 g/mol. The minimum atomic E-state index is -3.67. The zero-order chi connectivity index (χ0) is 17.9. The van der Waals surface area contributed by atoms with Gasteiger partial charge in [-0.2, -0.15) is 4.31 Å². The summed E-state index contributed by atoms with van der Waals surface area (Å²) in [4.78, 5) is 23.8. The van der Waals surface area contributed by atoms with E-state index in [0.717, 1.165) is 0 Å². The molecular formula is C16H21NO6S. The molecule has 1 saturated heterocycles. The van der Waals surface area contributed by atoms with Gasteiger partial charge in [0.1, 0.15) is 6.10 Å². The fourth-order valence-electron chi connectivity index (χ4n) is 2.51. The number of ether oxygens (including phenoxy) is 2. The van der Waals surface area contributed by atoms with Gasteiger partial charge in [-0.3, -0.25) is 0 Å². The Morgan fingerprint density at radius 1 is 1.33 bits per heavy atom. The summed E-state index contributed by atoms with van der Waals surface area (Å²) in [6.07, 6.45) is -0.956. The molecule has 1 aliphatic heterocycles. The van der Waals surface area contributed by atoms with Crippen LogP contribution < -0.4 is 0 Å². The predicted octanol–water partition coefficient (Wildman–Crippen LogP) is 1.58. The molecule has 1 fully saturated rings. The van der Waals surface area contributed by atoms with Gasteiger partial charge in [0, 0.05) is 19.5 Å². The Bertz CT molecular complexity index is 726. The summed E-state index contributed by atoms with van der Waals surface area (Å²) >= 11 is 0. The molecule has 24 heavy (non-hydrogen) atoms. The number of benzene rings is 1. The van der Waals surface area contributed by atoms with Crippen LogP contribution in [0.3, 0.4) is 0 Å². The Labute approximate surface area is 141 Å². The van der Waals surface area contributed by atoms with Crippen LogP contribution in [-0.4, -0.2) is 50.0 Å². The minimum Gasteiger partial charge on any atom is -0.460 e. The number of carbonyl (C=O) groups is 2.